The van der Waals surface area contributed by atoms with Gasteiger partial charge in [0.15, 0.2) is 0 Å². The van der Waals surface area contributed by atoms with E-state index in [1.54, 1.807) is 6.07 Å². The van der Waals surface area contributed by atoms with E-state index in [0.717, 1.165) is 5.69 Å². The highest BCUT2D eigenvalue weighted by Gasteiger charge is 2.26. The van der Waals surface area contributed by atoms with Crippen LogP contribution in [-0.4, -0.2) is 17.9 Å². The fraction of sp³-hybridized carbons (Fsp3) is 0.125. The molecular formula is C16H15N3O2. The van der Waals surface area contributed by atoms with Crippen molar-refractivity contribution in [2.24, 2.45) is 0 Å². The molecule has 0 radical (unpaired) electrons. The highest BCUT2D eigenvalue weighted by molar-refractivity contribution is 6.04. The molecule has 5 nitrogen and oxygen atoms in total. The summed E-state index contributed by atoms with van der Waals surface area (Å²) in [4.78, 5) is 24.2. The Labute approximate surface area is 122 Å². The van der Waals surface area contributed by atoms with Crippen LogP contribution in [0.2, 0.25) is 0 Å². The fourth-order valence-electron chi connectivity index (χ4n) is 2.25. The second kappa shape index (κ2) is 5.66. The third-order valence-corrected chi connectivity index (χ3v) is 3.28. The molecule has 1 unspecified atom stereocenters. The van der Waals surface area contributed by atoms with Crippen molar-refractivity contribution < 1.29 is 9.59 Å². The topological polar surface area (TPSA) is 70.2 Å². The van der Waals surface area contributed by atoms with E-state index in [9.17, 15) is 9.59 Å². The van der Waals surface area contributed by atoms with Crippen molar-refractivity contribution in [2.45, 2.75) is 12.5 Å². The lowest BCUT2D eigenvalue weighted by atomic mass is 10.1. The third-order valence-electron chi connectivity index (χ3n) is 3.28. The summed E-state index contributed by atoms with van der Waals surface area (Å²) in [7, 11) is 0. The lowest BCUT2D eigenvalue weighted by Crippen LogP contribution is -2.36. The number of nitrogens with one attached hydrogen (secondary N) is 3. The van der Waals surface area contributed by atoms with E-state index in [-0.39, 0.29) is 18.2 Å². The van der Waals surface area contributed by atoms with Crippen LogP contribution in [0.25, 0.3) is 0 Å². The molecule has 0 fully saturated rings. The Balaban J connectivity index is 1.79. The Morgan fingerprint density at radius 1 is 1.00 bits per heavy atom. The fourth-order valence-corrected chi connectivity index (χ4v) is 2.25. The maximum Gasteiger partial charge on any atom is 0.247 e. The van der Waals surface area contributed by atoms with E-state index in [0.29, 0.717) is 11.4 Å². The van der Waals surface area contributed by atoms with Crippen molar-refractivity contribution in [2.75, 3.05) is 16.0 Å². The number of hydrogen-bond donors (Lipinski definition) is 3. The number of amides is 2. The Morgan fingerprint density at radius 2 is 1.67 bits per heavy atom. The molecule has 2 aromatic carbocycles. The lowest BCUT2D eigenvalue weighted by molar-refractivity contribution is -0.121. The second-order valence-electron chi connectivity index (χ2n) is 4.85. The average Bonchev–Trinajstić information content (AvgIpc) is 2.66. The van der Waals surface area contributed by atoms with E-state index in [1.165, 1.54) is 0 Å². The first-order valence-corrected chi connectivity index (χ1v) is 6.74. The van der Waals surface area contributed by atoms with Crippen LogP contribution < -0.4 is 16.0 Å². The summed E-state index contributed by atoms with van der Waals surface area (Å²) in [5.41, 5.74) is 2.15. The zero-order valence-electron chi connectivity index (χ0n) is 11.3. The Hall–Kier alpha value is -2.82. The lowest BCUT2D eigenvalue weighted by Gasteiger charge is -2.16. The highest BCUT2D eigenvalue weighted by Crippen LogP contribution is 2.25. The van der Waals surface area contributed by atoms with Gasteiger partial charge < -0.3 is 16.0 Å². The van der Waals surface area contributed by atoms with Gasteiger partial charge in [0.05, 0.1) is 17.8 Å². The number of rotatable bonds is 2. The zero-order valence-corrected chi connectivity index (χ0v) is 11.3. The average molecular weight is 281 g/mol. The molecule has 5 heteroatoms. The van der Waals surface area contributed by atoms with Gasteiger partial charge in [0.25, 0.3) is 0 Å². The summed E-state index contributed by atoms with van der Waals surface area (Å²) in [6.45, 7) is 0. The molecule has 21 heavy (non-hydrogen) atoms. The Bertz CT molecular complexity index is 670. The molecule has 0 saturated carbocycles. The minimum absolute atomic E-state index is 0.0906. The molecule has 0 aliphatic carbocycles. The summed E-state index contributed by atoms with van der Waals surface area (Å²) < 4.78 is 0. The van der Waals surface area contributed by atoms with Crippen molar-refractivity contribution in [1.29, 1.82) is 0 Å². The number of carbonyl (C=O) groups is 2. The van der Waals surface area contributed by atoms with Crippen LogP contribution in [0.5, 0.6) is 0 Å². The molecule has 0 saturated heterocycles. The molecule has 1 aliphatic heterocycles. The number of hydrogen-bond acceptors (Lipinski definition) is 3. The van der Waals surface area contributed by atoms with Crippen molar-refractivity contribution in [3.63, 3.8) is 0 Å². The summed E-state index contributed by atoms with van der Waals surface area (Å²) >= 11 is 0. The maximum atomic E-state index is 12.3. The molecule has 106 valence electrons. The Kier molecular flexibility index (Phi) is 3.55. The number of para-hydroxylation sites is 3. The molecule has 2 amide bonds. The van der Waals surface area contributed by atoms with Crippen LogP contribution in [0.1, 0.15) is 6.42 Å². The van der Waals surface area contributed by atoms with Gasteiger partial charge in [-0.05, 0) is 24.3 Å². The number of anilines is 3. The predicted molar refractivity (Wildman–Crippen MR) is 82.2 cm³/mol. The van der Waals surface area contributed by atoms with Gasteiger partial charge in [0, 0.05) is 5.69 Å². The first kappa shape index (κ1) is 13.2. The monoisotopic (exact) mass is 281 g/mol. The molecule has 0 bridgehead atoms. The summed E-state index contributed by atoms with van der Waals surface area (Å²) in [6, 6.07) is 15.9. The SMILES string of the molecule is O=C1CC(C(=O)Nc2ccccc2)Nc2ccccc2N1. The zero-order chi connectivity index (χ0) is 14.7. The Morgan fingerprint density at radius 3 is 2.43 bits per heavy atom. The summed E-state index contributed by atoms with van der Waals surface area (Å²) in [6.07, 6.45) is 0.0906. The van der Waals surface area contributed by atoms with E-state index in [4.69, 9.17) is 0 Å². The number of fused-ring (bicyclic) bond motifs is 1. The van der Waals surface area contributed by atoms with Crippen molar-refractivity contribution in [3.05, 3.63) is 54.6 Å². The van der Waals surface area contributed by atoms with Crippen LogP contribution in [0.3, 0.4) is 0 Å². The summed E-state index contributed by atoms with van der Waals surface area (Å²) in [5.74, 6) is -0.409. The van der Waals surface area contributed by atoms with Gasteiger partial charge in [0.1, 0.15) is 6.04 Å². The van der Waals surface area contributed by atoms with Gasteiger partial charge >= 0.3 is 0 Å². The molecule has 0 spiro atoms. The second-order valence-corrected chi connectivity index (χ2v) is 4.85. The molecule has 1 atom stereocenters. The molecule has 3 rings (SSSR count). The molecule has 1 heterocycles. The molecular weight excluding hydrogens is 266 g/mol. The van der Waals surface area contributed by atoms with Crippen molar-refractivity contribution in [3.8, 4) is 0 Å². The van der Waals surface area contributed by atoms with Gasteiger partial charge in [-0.15, -0.1) is 0 Å². The summed E-state index contributed by atoms with van der Waals surface area (Å²) in [5, 5.41) is 8.71. The largest absolute Gasteiger partial charge is 0.372 e. The quantitative estimate of drug-likeness (QED) is 0.792. The van der Waals surface area contributed by atoms with Gasteiger partial charge in [-0.3, -0.25) is 9.59 Å². The van der Waals surface area contributed by atoms with Crippen LogP contribution >= 0.6 is 0 Å². The standard InChI is InChI=1S/C16H15N3O2/c20-15-10-14(16(21)17-11-6-2-1-3-7-11)18-12-8-4-5-9-13(12)19-15/h1-9,14,18H,10H2,(H,17,21)(H,19,20). The maximum absolute atomic E-state index is 12.3. The van der Waals surface area contributed by atoms with E-state index in [1.807, 2.05) is 48.5 Å². The predicted octanol–water partition coefficient (Wildman–Crippen LogP) is 2.45. The van der Waals surface area contributed by atoms with E-state index in [2.05, 4.69) is 16.0 Å². The molecule has 0 aromatic heterocycles. The van der Waals surface area contributed by atoms with Gasteiger partial charge in [-0.25, -0.2) is 0 Å². The number of carbonyl (C=O) groups excluding carboxylic acids is 2. The first-order valence-electron chi connectivity index (χ1n) is 6.74. The van der Waals surface area contributed by atoms with E-state index < -0.39 is 6.04 Å². The minimum atomic E-state index is -0.603. The van der Waals surface area contributed by atoms with Gasteiger partial charge in [0.2, 0.25) is 11.8 Å². The van der Waals surface area contributed by atoms with Crippen molar-refractivity contribution in [1.82, 2.24) is 0 Å². The van der Waals surface area contributed by atoms with Crippen molar-refractivity contribution >= 4 is 28.9 Å². The number of benzene rings is 2. The normalized spacial score (nSPS) is 17.0. The van der Waals surface area contributed by atoms with Crippen LogP contribution in [0, 0.1) is 0 Å². The molecule has 3 N–H and O–H groups in total. The van der Waals surface area contributed by atoms with Gasteiger partial charge in [-0.2, -0.15) is 0 Å². The third kappa shape index (κ3) is 3.02. The smallest absolute Gasteiger partial charge is 0.247 e. The minimum Gasteiger partial charge on any atom is -0.372 e. The van der Waals surface area contributed by atoms with Crippen LogP contribution in [-0.2, 0) is 9.59 Å². The van der Waals surface area contributed by atoms with Crippen LogP contribution in [0.15, 0.2) is 54.6 Å². The molecule has 1 aliphatic rings. The molecule has 2 aromatic rings. The van der Waals surface area contributed by atoms with E-state index >= 15 is 0 Å². The van der Waals surface area contributed by atoms with Gasteiger partial charge in [-0.1, -0.05) is 30.3 Å². The van der Waals surface area contributed by atoms with Crippen LogP contribution in [0.4, 0.5) is 17.1 Å². The first-order chi connectivity index (χ1) is 10.2. The highest BCUT2D eigenvalue weighted by atomic mass is 16.2.